The Bertz CT molecular complexity index is 779. The summed E-state index contributed by atoms with van der Waals surface area (Å²) in [6.07, 6.45) is 1.22. The first-order valence-corrected chi connectivity index (χ1v) is 6.73. The van der Waals surface area contributed by atoms with Crippen molar-refractivity contribution in [3.8, 4) is 0 Å². The molecule has 1 aliphatic heterocycles. The lowest BCUT2D eigenvalue weighted by Crippen LogP contribution is -2.29. The molecule has 0 spiro atoms. The van der Waals surface area contributed by atoms with Crippen LogP contribution in [0.3, 0.4) is 0 Å². The van der Waals surface area contributed by atoms with Crippen LogP contribution in [0, 0.1) is 0 Å². The van der Waals surface area contributed by atoms with Crippen LogP contribution >= 0.6 is 15.9 Å². The molecule has 0 atom stereocenters. The Morgan fingerprint density at radius 3 is 2.62 bits per heavy atom. The highest BCUT2D eigenvalue weighted by molar-refractivity contribution is 9.10. The molecule has 0 saturated carbocycles. The van der Waals surface area contributed by atoms with E-state index in [0.29, 0.717) is 15.6 Å². The number of aromatic carboxylic acids is 1. The molecule has 1 aromatic carbocycles. The topological polar surface area (TPSA) is 87.8 Å². The third kappa shape index (κ3) is 2.15. The molecule has 0 aliphatic carbocycles. The minimum Gasteiger partial charge on any atom is -0.475 e. The van der Waals surface area contributed by atoms with E-state index in [9.17, 15) is 14.4 Å². The molecule has 1 aliphatic rings. The minimum atomic E-state index is -1.24. The van der Waals surface area contributed by atoms with Gasteiger partial charge in [0.25, 0.3) is 11.8 Å². The second-order valence-corrected chi connectivity index (χ2v) is 5.38. The lowest BCUT2D eigenvalue weighted by atomic mass is 10.1. The van der Waals surface area contributed by atoms with Gasteiger partial charge >= 0.3 is 5.97 Å². The number of hydrogen-bond acceptors (Lipinski definition) is 4. The van der Waals surface area contributed by atoms with E-state index in [0.717, 1.165) is 4.90 Å². The van der Waals surface area contributed by atoms with Crippen LogP contribution in [-0.2, 0) is 6.54 Å². The SMILES string of the molecule is O=C(O)c1occc1CN1C(=O)c2ccc(Br)cc2C1=O. The molecule has 6 nitrogen and oxygen atoms in total. The molecule has 1 aromatic heterocycles. The van der Waals surface area contributed by atoms with E-state index in [2.05, 4.69) is 15.9 Å². The maximum absolute atomic E-state index is 12.3. The Labute approximate surface area is 127 Å². The van der Waals surface area contributed by atoms with E-state index in [1.807, 2.05) is 0 Å². The normalized spacial score (nSPS) is 13.7. The number of fused-ring (bicyclic) bond motifs is 1. The van der Waals surface area contributed by atoms with E-state index >= 15 is 0 Å². The van der Waals surface area contributed by atoms with Crippen LogP contribution in [0.25, 0.3) is 0 Å². The molecule has 2 heterocycles. The Morgan fingerprint density at radius 2 is 1.90 bits per heavy atom. The smallest absolute Gasteiger partial charge is 0.372 e. The number of halogens is 1. The summed E-state index contributed by atoms with van der Waals surface area (Å²) in [6, 6.07) is 6.24. The van der Waals surface area contributed by atoms with Crippen molar-refractivity contribution in [2.75, 3.05) is 0 Å². The molecule has 3 rings (SSSR count). The number of furan rings is 1. The first kappa shape index (κ1) is 13.6. The molecule has 2 aromatic rings. The fraction of sp³-hybridized carbons (Fsp3) is 0.0714. The van der Waals surface area contributed by atoms with Crippen LogP contribution in [0.2, 0.25) is 0 Å². The molecular formula is C14H8BrNO5. The summed E-state index contributed by atoms with van der Waals surface area (Å²) < 4.78 is 5.54. The molecule has 1 N–H and O–H groups in total. The van der Waals surface area contributed by atoms with Crippen molar-refractivity contribution in [2.24, 2.45) is 0 Å². The molecule has 7 heteroatoms. The molecular weight excluding hydrogens is 342 g/mol. The van der Waals surface area contributed by atoms with Crippen molar-refractivity contribution in [3.05, 3.63) is 57.5 Å². The fourth-order valence-electron chi connectivity index (χ4n) is 2.22. The van der Waals surface area contributed by atoms with Gasteiger partial charge in [0.15, 0.2) is 0 Å². The monoisotopic (exact) mass is 349 g/mol. The molecule has 0 saturated heterocycles. The number of carboxylic acid groups (broad SMARTS) is 1. The van der Waals surface area contributed by atoms with Gasteiger partial charge in [0.1, 0.15) is 0 Å². The first-order chi connectivity index (χ1) is 9.99. The summed E-state index contributed by atoms with van der Waals surface area (Å²) in [5.74, 6) is -2.41. The summed E-state index contributed by atoms with van der Waals surface area (Å²) in [5, 5.41) is 8.98. The quantitative estimate of drug-likeness (QED) is 0.860. The number of amides is 2. The minimum absolute atomic E-state index is 0.137. The van der Waals surface area contributed by atoms with Gasteiger partial charge in [-0.1, -0.05) is 15.9 Å². The number of carbonyl (C=O) groups excluding carboxylic acids is 2. The zero-order valence-electron chi connectivity index (χ0n) is 10.5. The summed E-state index contributed by atoms with van der Waals surface area (Å²) in [6.45, 7) is -0.137. The lowest BCUT2D eigenvalue weighted by Gasteiger charge is -2.12. The fourth-order valence-corrected chi connectivity index (χ4v) is 2.59. The highest BCUT2D eigenvalue weighted by Crippen LogP contribution is 2.28. The number of rotatable bonds is 3. The predicted molar refractivity (Wildman–Crippen MR) is 74.0 cm³/mol. The van der Waals surface area contributed by atoms with Gasteiger partial charge in [0.05, 0.1) is 23.9 Å². The van der Waals surface area contributed by atoms with Crippen LogP contribution in [0.4, 0.5) is 0 Å². The molecule has 0 fully saturated rings. The molecule has 0 bridgehead atoms. The van der Waals surface area contributed by atoms with E-state index in [-0.39, 0.29) is 17.9 Å². The molecule has 21 heavy (non-hydrogen) atoms. The van der Waals surface area contributed by atoms with Crippen molar-refractivity contribution in [1.29, 1.82) is 0 Å². The van der Waals surface area contributed by atoms with Gasteiger partial charge < -0.3 is 9.52 Å². The number of carbonyl (C=O) groups is 3. The van der Waals surface area contributed by atoms with Gasteiger partial charge in [0.2, 0.25) is 5.76 Å². The third-order valence-electron chi connectivity index (χ3n) is 3.20. The lowest BCUT2D eigenvalue weighted by molar-refractivity contribution is 0.0616. The van der Waals surface area contributed by atoms with Crippen molar-refractivity contribution in [3.63, 3.8) is 0 Å². The third-order valence-corrected chi connectivity index (χ3v) is 3.70. The largest absolute Gasteiger partial charge is 0.475 e. The van der Waals surface area contributed by atoms with Crippen molar-refractivity contribution in [1.82, 2.24) is 4.90 Å². The number of carboxylic acids is 1. The van der Waals surface area contributed by atoms with Gasteiger partial charge in [-0.3, -0.25) is 14.5 Å². The van der Waals surface area contributed by atoms with Crippen LogP contribution in [0.15, 0.2) is 39.4 Å². The predicted octanol–water partition coefficient (Wildman–Crippen LogP) is 2.54. The summed E-state index contributed by atoms with van der Waals surface area (Å²) in [5.41, 5.74) is 0.884. The Balaban J connectivity index is 1.95. The van der Waals surface area contributed by atoms with Crippen molar-refractivity contribution >= 4 is 33.7 Å². The maximum Gasteiger partial charge on any atom is 0.372 e. The number of nitrogens with zero attached hydrogens (tertiary/aromatic N) is 1. The van der Waals surface area contributed by atoms with E-state index in [4.69, 9.17) is 9.52 Å². The molecule has 0 unspecified atom stereocenters. The standard InChI is InChI=1S/C14H8BrNO5/c15-8-1-2-9-10(5-8)13(18)16(12(9)17)6-7-3-4-21-11(7)14(19)20/h1-5H,6H2,(H,19,20). The van der Waals surface area contributed by atoms with Gasteiger partial charge in [-0.2, -0.15) is 0 Å². The van der Waals surface area contributed by atoms with Gasteiger partial charge in [0, 0.05) is 10.0 Å². The van der Waals surface area contributed by atoms with Gasteiger partial charge in [-0.25, -0.2) is 4.79 Å². The van der Waals surface area contributed by atoms with Gasteiger partial charge in [-0.05, 0) is 24.3 Å². The Kier molecular flexibility index (Phi) is 3.13. The number of benzene rings is 1. The van der Waals surface area contributed by atoms with Crippen LogP contribution in [0.5, 0.6) is 0 Å². The van der Waals surface area contributed by atoms with Crippen LogP contribution < -0.4 is 0 Å². The average Bonchev–Trinajstić information content (AvgIpc) is 2.99. The van der Waals surface area contributed by atoms with E-state index in [1.54, 1.807) is 18.2 Å². The molecule has 106 valence electrons. The van der Waals surface area contributed by atoms with E-state index < -0.39 is 17.8 Å². The molecule has 0 radical (unpaired) electrons. The van der Waals surface area contributed by atoms with Crippen LogP contribution in [0.1, 0.15) is 36.8 Å². The average molecular weight is 350 g/mol. The highest BCUT2D eigenvalue weighted by Gasteiger charge is 2.36. The Morgan fingerprint density at radius 1 is 1.19 bits per heavy atom. The second kappa shape index (κ2) is 4.85. The summed E-state index contributed by atoms with van der Waals surface area (Å²) in [4.78, 5) is 36.5. The second-order valence-electron chi connectivity index (χ2n) is 4.47. The zero-order valence-corrected chi connectivity index (χ0v) is 12.1. The summed E-state index contributed by atoms with van der Waals surface area (Å²) >= 11 is 3.25. The number of hydrogen-bond donors (Lipinski definition) is 1. The Hall–Kier alpha value is -2.41. The highest BCUT2D eigenvalue weighted by atomic mass is 79.9. The first-order valence-electron chi connectivity index (χ1n) is 5.94. The van der Waals surface area contributed by atoms with Crippen LogP contribution in [-0.4, -0.2) is 27.8 Å². The maximum atomic E-state index is 12.3. The van der Waals surface area contributed by atoms with E-state index in [1.165, 1.54) is 12.3 Å². The zero-order chi connectivity index (χ0) is 15.1. The summed E-state index contributed by atoms with van der Waals surface area (Å²) in [7, 11) is 0. The molecule has 2 amide bonds. The van der Waals surface area contributed by atoms with Crippen molar-refractivity contribution in [2.45, 2.75) is 6.54 Å². The van der Waals surface area contributed by atoms with Gasteiger partial charge in [-0.15, -0.1) is 0 Å². The number of imide groups is 1. The van der Waals surface area contributed by atoms with Crippen molar-refractivity contribution < 1.29 is 23.9 Å².